The molecule has 0 saturated carbocycles. The summed E-state index contributed by atoms with van der Waals surface area (Å²) in [5.41, 5.74) is 1.67. The summed E-state index contributed by atoms with van der Waals surface area (Å²) in [6, 6.07) is 5.31. The average Bonchev–Trinajstić information content (AvgIpc) is 2.19. The first-order valence-electron chi connectivity index (χ1n) is 4.27. The number of carbonyl (C=O) groups is 1. The van der Waals surface area contributed by atoms with E-state index < -0.39 is 0 Å². The summed E-state index contributed by atoms with van der Waals surface area (Å²) < 4.78 is 0.688. The molecule has 1 nitrogen and oxygen atoms in total. The number of benzene rings is 1. The molecule has 0 saturated heterocycles. The number of hydrogen-bond acceptors (Lipinski definition) is 1. The molecule has 4 heteroatoms. The highest BCUT2D eigenvalue weighted by Crippen LogP contribution is 2.24. The number of ketones is 1. The number of Topliss-reactive ketones (excluding diaryl/α,β-unsaturated/α-hetero) is 1. The third kappa shape index (κ3) is 3.78. The normalized spacial score (nSPS) is 11.6. The fourth-order valence-corrected chi connectivity index (χ4v) is 2.10. The lowest BCUT2D eigenvalue weighted by molar-refractivity contribution is -0.113. The zero-order valence-electron chi connectivity index (χ0n) is 8.06. The van der Waals surface area contributed by atoms with E-state index in [2.05, 4.69) is 22.6 Å². The van der Waals surface area contributed by atoms with E-state index in [1.165, 1.54) is 0 Å². The molecule has 1 aromatic rings. The third-order valence-electron chi connectivity index (χ3n) is 1.88. The van der Waals surface area contributed by atoms with Crippen LogP contribution in [-0.2, 0) is 4.79 Å². The van der Waals surface area contributed by atoms with Gasteiger partial charge in [-0.25, -0.2) is 0 Å². The van der Waals surface area contributed by atoms with Gasteiger partial charge in [-0.2, -0.15) is 0 Å². The Balaban J connectivity index is 3.07. The lowest BCUT2D eigenvalue weighted by Crippen LogP contribution is -1.97. The minimum atomic E-state index is 0.0791. The number of carbonyl (C=O) groups excluding carboxylic acids is 1. The fourth-order valence-electron chi connectivity index (χ4n) is 1.04. The molecular formula is C11H9Cl2IO. The Morgan fingerprint density at radius 2 is 2.07 bits per heavy atom. The molecule has 1 rings (SSSR count). The number of halogens is 3. The average molecular weight is 355 g/mol. The van der Waals surface area contributed by atoms with E-state index in [0.29, 0.717) is 14.5 Å². The summed E-state index contributed by atoms with van der Waals surface area (Å²) in [4.78, 5) is 11.2. The molecule has 0 heterocycles. The van der Waals surface area contributed by atoms with Gasteiger partial charge in [0.05, 0.1) is 10.0 Å². The molecule has 0 aliphatic rings. The van der Waals surface area contributed by atoms with Crippen LogP contribution in [0, 0.1) is 0 Å². The van der Waals surface area contributed by atoms with Crippen LogP contribution in [0.5, 0.6) is 0 Å². The molecular weight excluding hydrogens is 346 g/mol. The van der Waals surface area contributed by atoms with Gasteiger partial charge in [0.2, 0.25) is 0 Å². The van der Waals surface area contributed by atoms with Gasteiger partial charge in [0.1, 0.15) is 0 Å². The SMILES string of the molecule is CC(=O)/C(=C/c1ccc(Cl)c(Cl)c1)CI. The van der Waals surface area contributed by atoms with Gasteiger partial charge in [0, 0.05) is 10.0 Å². The molecule has 0 atom stereocenters. The molecule has 0 bridgehead atoms. The molecule has 1 aromatic carbocycles. The van der Waals surface area contributed by atoms with E-state index in [9.17, 15) is 4.79 Å². The molecule has 0 fully saturated rings. The predicted molar refractivity (Wildman–Crippen MR) is 74.0 cm³/mol. The largest absolute Gasteiger partial charge is 0.295 e. The summed E-state index contributed by atoms with van der Waals surface area (Å²) in [6.45, 7) is 1.56. The minimum Gasteiger partial charge on any atom is -0.295 e. The van der Waals surface area contributed by atoms with E-state index in [0.717, 1.165) is 11.1 Å². The van der Waals surface area contributed by atoms with Gasteiger partial charge in [0.15, 0.2) is 5.78 Å². The number of hydrogen-bond donors (Lipinski definition) is 0. The second-order valence-electron chi connectivity index (χ2n) is 3.03. The lowest BCUT2D eigenvalue weighted by Gasteiger charge is -2.01. The molecule has 0 amide bonds. The van der Waals surface area contributed by atoms with Crippen LogP contribution >= 0.6 is 45.8 Å². The Labute approximate surface area is 113 Å². The van der Waals surface area contributed by atoms with Gasteiger partial charge >= 0.3 is 0 Å². The summed E-state index contributed by atoms with van der Waals surface area (Å²) in [5.74, 6) is 0.0791. The Kier molecular flexibility index (Phi) is 5.09. The zero-order valence-corrected chi connectivity index (χ0v) is 11.7. The third-order valence-corrected chi connectivity index (χ3v) is 3.44. The topological polar surface area (TPSA) is 17.1 Å². The first-order valence-corrected chi connectivity index (χ1v) is 6.55. The van der Waals surface area contributed by atoms with Crippen LogP contribution in [-0.4, -0.2) is 10.2 Å². The molecule has 15 heavy (non-hydrogen) atoms. The highest BCUT2D eigenvalue weighted by atomic mass is 127. The van der Waals surface area contributed by atoms with Crippen LogP contribution in [0.4, 0.5) is 0 Å². The first-order chi connectivity index (χ1) is 7.04. The zero-order chi connectivity index (χ0) is 11.4. The maximum Gasteiger partial charge on any atom is 0.156 e. The van der Waals surface area contributed by atoms with Crippen molar-refractivity contribution in [1.82, 2.24) is 0 Å². The van der Waals surface area contributed by atoms with Crippen molar-refractivity contribution in [2.45, 2.75) is 6.92 Å². The molecule has 0 unspecified atom stereocenters. The number of alkyl halides is 1. The summed E-state index contributed by atoms with van der Waals surface area (Å²) in [6.07, 6.45) is 1.83. The van der Waals surface area contributed by atoms with Crippen LogP contribution in [0.1, 0.15) is 12.5 Å². The van der Waals surface area contributed by atoms with E-state index in [1.807, 2.05) is 12.1 Å². The molecule has 0 spiro atoms. The van der Waals surface area contributed by atoms with Crippen molar-refractivity contribution in [3.05, 3.63) is 39.4 Å². The van der Waals surface area contributed by atoms with Crippen molar-refractivity contribution in [3.63, 3.8) is 0 Å². The quantitative estimate of drug-likeness (QED) is 0.446. The van der Waals surface area contributed by atoms with E-state index in [1.54, 1.807) is 19.1 Å². The van der Waals surface area contributed by atoms with Crippen molar-refractivity contribution in [3.8, 4) is 0 Å². The lowest BCUT2D eigenvalue weighted by atomic mass is 10.1. The molecule has 0 aromatic heterocycles. The van der Waals surface area contributed by atoms with Crippen molar-refractivity contribution >= 4 is 57.7 Å². The number of allylic oxidation sites excluding steroid dienone is 1. The van der Waals surface area contributed by atoms with Crippen LogP contribution in [0.2, 0.25) is 10.0 Å². The van der Waals surface area contributed by atoms with Gasteiger partial charge < -0.3 is 0 Å². The van der Waals surface area contributed by atoms with Crippen LogP contribution in [0.25, 0.3) is 6.08 Å². The monoisotopic (exact) mass is 354 g/mol. The van der Waals surface area contributed by atoms with Gasteiger partial charge in [-0.05, 0) is 30.7 Å². The molecule has 0 N–H and O–H groups in total. The van der Waals surface area contributed by atoms with Gasteiger partial charge in [0.25, 0.3) is 0 Å². The highest BCUT2D eigenvalue weighted by molar-refractivity contribution is 14.1. The summed E-state index contributed by atoms with van der Waals surface area (Å²) in [5, 5.41) is 1.02. The Bertz CT molecular complexity index is 413. The van der Waals surface area contributed by atoms with E-state index in [-0.39, 0.29) is 5.78 Å². The van der Waals surface area contributed by atoms with Gasteiger partial charge in [-0.3, -0.25) is 4.79 Å². The standard InChI is InChI=1S/C11H9Cl2IO/c1-7(15)9(6-14)4-8-2-3-10(12)11(13)5-8/h2-5H,6H2,1H3/b9-4+. The molecule has 0 aliphatic carbocycles. The molecule has 80 valence electrons. The molecule has 0 radical (unpaired) electrons. The van der Waals surface area contributed by atoms with Crippen molar-refractivity contribution in [1.29, 1.82) is 0 Å². The predicted octanol–water partition coefficient (Wildman–Crippen LogP) is 4.40. The highest BCUT2D eigenvalue weighted by Gasteiger charge is 2.03. The smallest absolute Gasteiger partial charge is 0.156 e. The molecule has 0 aliphatic heterocycles. The van der Waals surface area contributed by atoms with Crippen LogP contribution in [0.3, 0.4) is 0 Å². The second-order valence-corrected chi connectivity index (χ2v) is 4.61. The van der Waals surface area contributed by atoms with Crippen molar-refractivity contribution in [2.75, 3.05) is 4.43 Å². The van der Waals surface area contributed by atoms with Crippen molar-refractivity contribution in [2.24, 2.45) is 0 Å². The maximum atomic E-state index is 11.2. The Morgan fingerprint density at radius 3 is 2.53 bits per heavy atom. The minimum absolute atomic E-state index is 0.0791. The summed E-state index contributed by atoms with van der Waals surface area (Å²) in [7, 11) is 0. The van der Waals surface area contributed by atoms with Crippen LogP contribution < -0.4 is 0 Å². The number of rotatable bonds is 3. The van der Waals surface area contributed by atoms with Gasteiger partial charge in [-0.1, -0.05) is 51.9 Å². The second kappa shape index (κ2) is 5.87. The van der Waals surface area contributed by atoms with Crippen molar-refractivity contribution < 1.29 is 4.79 Å². The fraction of sp³-hybridized carbons (Fsp3) is 0.182. The van der Waals surface area contributed by atoms with Crippen LogP contribution in [0.15, 0.2) is 23.8 Å². The Hall–Kier alpha value is -0.0600. The summed E-state index contributed by atoms with van der Waals surface area (Å²) >= 11 is 13.8. The maximum absolute atomic E-state index is 11.2. The van der Waals surface area contributed by atoms with Gasteiger partial charge in [-0.15, -0.1) is 0 Å². The Morgan fingerprint density at radius 1 is 1.40 bits per heavy atom. The first kappa shape index (κ1) is 13.0. The van der Waals surface area contributed by atoms with E-state index >= 15 is 0 Å². The van der Waals surface area contributed by atoms with E-state index in [4.69, 9.17) is 23.2 Å².